The van der Waals surface area contributed by atoms with Crippen LogP contribution in [0.15, 0.2) is 30.3 Å². The fraction of sp³-hybridized carbons (Fsp3) is 0.429. The molecule has 0 saturated carbocycles. The molecule has 150 valence electrons. The molecule has 6 nitrogen and oxygen atoms in total. The molecule has 1 saturated heterocycles. The highest BCUT2D eigenvalue weighted by Crippen LogP contribution is 2.22. The quantitative estimate of drug-likeness (QED) is 0.756. The lowest BCUT2D eigenvalue weighted by Crippen LogP contribution is -2.49. The number of aryl methyl sites for hydroxylation is 1. The van der Waals surface area contributed by atoms with Crippen molar-refractivity contribution in [2.75, 3.05) is 19.7 Å². The molecule has 0 bridgehead atoms. The van der Waals surface area contributed by atoms with Crippen LogP contribution in [0.5, 0.6) is 0 Å². The van der Waals surface area contributed by atoms with Gasteiger partial charge in [-0.1, -0.05) is 0 Å². The molecule has 0 N–H and O–H groups in total. The van der Waals surface area contributed by atoms with Crippen LogP contribution in [0.3, 0.4) is 0 Å². The molecule has 28 heavy (non-hydrogen) atoms. The molecule has 1 amide bonds. The fourth-order valence-corrected chi connectivity index (χ4v) is 3.63. The van der Waals surface area contributed by atoms with Crippen LogP contribution in [0.2, 0.25) is 0 Å². The summed E-state index contributed by atoms with van der Waals surface area (Å²) in [6.45, 7) is 8.13. The van der Waals surface area contributed by atoms with Crippen LogP contribution in [0.1, 0.15) is 35.6 Å². The van der Waals surface area contributed by atoms with Gasteiger partial charge in [0.25, 0.3) is 5.91 Å². The largest absolute Gasteiger partial charge is 0.452 e. The summed E-state index contributed by atoms with van der Waals surface area (Å²) in [7, 11) is 0. The summed E-state index contributed by atoms with van der Waals surface area (Å²) >= 11 is 0. The topological polar surface area (TPSA) is 60.8 Å². The molecule has 1 fully saturated rings. The monoisotopic (exact) mass is 388 g/mol. The lowest BCUT2D eigenvalue weighted by atomic mass is 10.2. The Balaban J connectivity index is 1.69. The van der Waals surface area contributed by atoms with Crippen molar-refractivity contribution in [1.82, 2.24) is 9.47 Å². The zero-order valence-corrected chi connectivity index (χ0v) is 16.6. The highest BCUT2D eigenvalue weighted by molar-refractivity contribution is 5.93. The third-order valence-electron chi connectivity index (χ3n) is 4.83. The summed E-state index contributed by atoms with van der Waals surface area (Å²) in [5.74, 6) is -1.11. The van der Waals surface area contributed by atoms with Gasteiger partial charge in [-0.25, -0.2) is 9.18 Å². The number of hydrogen-bond donors (Lipinski definition) is 0. The van der Waals surface area contributed by atoms with E-state index in [1.807, 2.05) is 25.3 Å². The predicted molar refractivity (Wildman–Crippen MR) is 102 cm³/mol. The smallest absolute Gasteiger partial charge is 0.340 e. The molecule has 1 aliphatic heterocycles. The van der Waals surface area contributed by atoms with Crippen LogP contribution >= 0.6 is 0 Å². The molecule has 3 rings (SSSR count). The highest BCUT2D eigenvalue weighted by Gasteiger charge is 2.27. The third kappa shape index (κ3) is 4.25. The number of amides is 1. The van der Waals surface area contributed by atoms with Crippen molar-refractivity contribution in [3.05, 3.63) is 53.1 Å². The number of rotatable bonds is 4. The van der Waals surface area contributed by atoms with E-state index in [4.69, 9.17) is 9.47 Å². The normalized spacial score (nSPS) is 19.5. The second-order valence-corrected chi connectivity index (χ2v) is 7.23. The lowest BCUT2D eigenvalue weighted by molar-refractivity contribution is -0.146. The second-order valence-electron chi connectivity index (χ2n) is 7.23. The second kappa shape index (κ2) is 8.14. The maximum Gasteiger partial charge on any atom is 0.340 e. The Kier molecular flexibility index (Phi) is 5.84. The molecule has 0 spiro atoms. The fourth-order valence-electron chi connectivity index (χ4n) is 3.63. The average Bonchev–Trinajstić information content (AvgIpc) is 2.94. The number of ether oxygens (including phenoxy) is 2. The van der Waals surface area contributed by atoms with E-state index < -0.39 is 5.97 Å². The van der Waals surface area contributed by atoms with Gasteiger partial charge in [-0.15, -0.1) is 0 Å². The van der Waals surface area contributed by atoms with Crippen molar-refractivity contribution in [2.24, 2.45) is 0 Å². The molecular weight excluding hydrogens is 363 g/mol. The number of esters is 1. The number of aromatic nitrogens is 1. The summed E-state index contributed by atoms with van der Waals surface area (Å²) in [6, 6.07) is 7.75. The van der Waals surface area contributed by atoms with Crippen LogP contribution in [0.4, 0.5) is 4.39 Å². The molecule has 2 unspecified atom stereocenters. The molecule has 1 aliphatic rings. The van der Waals surface area contributed by atoms with E-state index >= 15 is 0 Å². The number of halogens is 1. The molecule has 0 radical (unpaired) electrons. The van der Waals surface area contributed by atoms with Crippen LogP contribution in [0, 0.1) is 19.7 Å². The molecule has 7 heteroatoms. The SMILES string of the molecule is Cc1cc(C(=O)OCC(=O)N2CC(C)OC(C)C2)c(C)n1-c1ccc(F)cc1. The van der Waals surface area contributed by atoms with Crippen molar-refractivity contribution < 1.29 is 23.5 Å². The number of morpholine rings is 1. The van der Waals surface area contributed by atoms with Gasteiger partial charge in [0.05, 0.1) is 17.8 Å². The molecule has 2 heterocycles. The minimum absolute atomic E-state index is 0.0435. The van der Waals surface area contributed by atoms with Crippen LogP contribution < -0.4 is 0 Å². The van der Waals surface area contributed by atoms with Gasteiger partial charge in [-0.05, 0) is 58.0 Å². The summed E-state index contributed by atoms with van der Waals surface area (Å²) < 4.78 is 25.9. The van der Waals surface area contributed by atoms with E-state index in [2.05, 4.69) is 0 Å². The van der Waals surface area contributed by atoms with Gasteiger partial charge in [0.15, 0.2) is 6.61 Å². The van der Waals surface area contributed by atoms with E-state index in [0.29, 0.717) is 24.3 Å². The molecular formula is C21H25FN2O4. The third-order valence-corrected chi connectivity index (χ3v) is 4.83. The lowest BCUT2D eigenvalue weighted by Gasteiger charge is -2.35. The Bertz CT molecular complexity index is 865. The van der Waals surface area contributed by atoms with E-state index in [0.717, 1.165) is 11.4 Å². The molecule has 1 aromatic heterocycles. The summed E-state index contributed by atoms with van der Waals surface area (Å²) in [6.07, 6.45) is -0.0870. The number of nitrogens with zero attached hydrogens (tertiary/aromatic N) is 2. The van der Waals surface area contributed by atoms with Crippen LogP contribution in [-0.2, 0) is 14.3 Å². The minimum Gasteiger partial charge on any atom is -0.452 e. The number of carbonyl (C=O) groups is 2. The van der Waals surface area contributed by atoms with Crippen molar-refractivity contribution >= 4 is 11.9 Å². The van der Waals surface area contributed by atoms with Crippen LogP contribution in [-0.4, -0.2) is 53.2 Å². The van der Waals surface area contributed by atoms with Crippen molar-refractivity contribution in [2.45, 2.75) is 39.9 Å². The first kappa shape index (κ1) is 20.1. The van der Waals surface area contributed by atoms with Gasteiger partial charge in [-0.2, -0.15) is 0 Å². The highest BCUT2D eigenvalue weighted by atomic mass is 19.1. The molecule has 1 aromatic carbocycles. The Morgan fingerprint density at radius 3 is 2.36 bits per heavy atom. The standard InChI is InChI=1S/C21H25FN2O4/c1-13-9-19(16(4)24(13)18-7-5-17(22)6-8-18)21(26)27-12-20(25)23-10-14(2)28-15(3)11-23/h5-9,14-15H,10-12H2,1-4H3. The van der Waals surface area contributed by atoms with Gasteiger partial charge in [0.1, 0.15) is 5.82 Å². The summed E-state index contributed by atoms with van der Waals surface area (Å²) in [5, 5.41) is 0. The first-order valence-electron chi connectivity index (χ1n) is 9.31. The zero-order chi connectivity index (χ0) is 20.4. The van der Waals surface area contributed by atoms with Crippen molar-refractivity contribution in [3.63, 3.8) is 0 Å². The zero-order valence-electron chi connectivity index (χ0n) is 16.6. The van der Waals surface area contributed by atoms with Crippen LogP contribution in [0.25, 0.3) is 5.69 Å². The number of carbonyl (C=O) groups excluding carboxylic acids is 2. The first-order chi connectivity index (χ1) is 13.3. The molecule has 2 atom stereocenters. The van der Waals surface area contributed by atoms with E-state index in [9.17, 15) is 14.0 Å². The Labute approximate surface area is 163 Å². The van der Waals surface area contributed by atoms with E-state index in [-0.39, 0.29) is 30.5 Å². The maximum atomic E-state index is 13.2. The van der Waals surface area contributed by atoms with Gasteiger partial charge in [-0.3, -0.25) is 4.79 Å². The maximum absolute atomic E-state index is 13.2. The van der Waals surface area contributed by atoms with E-state index in [1.54, 1.807) is 30.0 Å². The van der Waals surface area contributed by atoms with E-state index in [1.165, 1.54) is 12.1 Å². The van der Waals surface area contributed by atoms with Gasteiger partial charge in [0, 0.05) is 30.2 Å². The Hall–Kier alpha value is -2.67. The number of benzene rings is 1. The van der Waals surface area contributed by atoms with Gasteiger partial charge < -0.3 is 18.9 Å². The minimum atomic E-state index is -0.552. The van der Waals surface area contributed by atoms with Gasteiger partial charge in [0.2, 0.25) is 0 Å². The first-order valence-corrected chi connectivity index (χ1v) is 9.31. The summed E-state index contributed by atoms with van der Waals surface area (Å²) in [5.41, 5.74) is 2.63. The predicted octanol–water partition coefficient (Wildman–Crippen LogP) is 3.03. The average molecular weight is 388 g/mol. The van der Waals surface area contributed by atoms with Crippen molar-refractivity contribution in [1.29, 1.82) is 0 Å². The Morgan fingerprint density at radius 1 is 1.14 bits per heavy atom. The van der Waals surface area contributed by atoms with Crippen molar-refractivity contribution in [3.8, 4) is 5.69 Å². The molecule has 2 aromatic rings. The number of hydrogen-bond acceptors (Lipinski definition) is 4. The van der Waals surface area contributed by atoms with Gasteiger partial charge >= 0.3 is 5.97 Å². The summed E-state index contributed by atoms with van der Waals surface area (Å²) in [4.78, 5) is 26.6. The Morgan fingerprint density at radius 2 is 1.75 bits per heavy atom. The molecule has 0 aliphatic carbocycles.